The Labute approximate surface area is 111 Å². The molecule has 0 aromatic heterocycles. The zero-order chi connectivity index (χ0) is 11.2. The fourth-order valence-corrected chi connectivity index (χ4v) is 3.19. The summed E-state index contributed by atoms with van der Waals surface area (Å²) < 4.78 is 0. The summed E-state index contributed by atoms with van der Waals surface area (Å²) in [6, 6.07) is 0.491. The molecular formula is C14H26ClNO. The zero-order valence-electron chi connectivity index (χ0n) is 10.7. The van der Waals surface area contributed by atoms with E-state index in [1.807, 2.05) is 0 Å². The fraction of sp³-hybridized carbons (Fsp3) is 0.929. The summed E-state index contributed by atoms with van der Waals surface area (Å²) in [4.78, 5) is 11.9. The average molecular weight is 260 g/mol. The Bertz CT molecular complexity index is 198. The van der Waals surface area contributed by atoms with Crippen LogP contribution in [0.2, 0.25) is 0 Å². The zero-order valence-corrected chi connectivity index (χ0v) is 11.6. The lowest BCUT2D eigenvalue weighted by Crippen LogP contribution is -2.37. The van der Waals surface area contributed by atoms with Crippen molar-refractivity contribution in [2.45, 2.75) is 76.7 Å². The molecule has 0 saturated heterocycles. The van der Waals surface area contributed by atoms with Gasteiger partial charge in [-0.25, -0.2) is 0 Å². The second kappa shape index (κ2) is 7.97. The quantitative estimate of drug-likeness (QED) is 0.820. The van der Waals surface area contributed by atoms with Gasteiger partial charge in [0.15, 0.2) is 0 Å². The van der Waals surface area contributed by atoms with E-state index >= 15 is 0 Å². The molecule has 2 aliphatic rings. The molecule has 2 aliphatic carbocycles. The van der Waals surface area contributed by atoms with Crippen LogP contribution in [0.3, 0.4) is 0 Å². The molecule has 2 fully saturated rings. The van der Waals surface area contributed by atoms with E-state index in [-0.39, 0.29) is 12.4 Å². The van der Waals surface area contributed by atoms with E-state index in [1.54, 1.807) is 0 Å². The van der Waals surface area contributed by atoms with E-state index in [0.717, 1.165) is 6.42 Å². The van der Waals surface area contributed by atoms with E-state index in [1.165, 1.54) is 64.2 Å². The lowest BCUT2D eigenvalue weighted by atomic mass is 9.86. The van der Waals surface area contributed by atoms with E-state index in [4.69, 9.17) is 0 Å². The number of hydrogen-bond acceptors (Lipinski definition) is 1. The van der Waals surface area contributed by atoms with Crippen molar-refractivity contribution in [1.29, 1.82) is 0 Å². The van der Waals surface area contributed by atoms with Crippen molar-refractivity contribution in [3.63, 3.8) is 0 Å². The molecule has 0 aromatic rings. The topological polar surface area (TPSA) is 29.1 Å². The summed E-state index contributed by atoms with van der Waals surface area (Å²) in [6.45, 7) is 0. The molecule has 0 radical (unpaired) electrons. The molecule has 0 bridgehead atoms. The van der Waals surface area contributed by atoms with Crippen LogP contribution < -0.4 is 5.32 Å². The number of carbonyl (C=O) groups excluding carboxylic acids is 1. The summed E-state index contributed by atoms with van der Waals surface area (Å²) in [7, 11) is 0. The molecular weight excluding hydrogens is 234 g/mol. The Morgan fingerprint density at radius 2 is 1.41 bits per heavy atom. The predicted molar refractivity (Wildman–Crippen MR) is 73.5 cm³/mol. The van der Waals surface area contributed by atoms with Crippen LogP contribution in [-0.4, -0.2) is 11.9 Å². The number of halogens is 1. The van der Waals surface area contributed by atoms with Gasteiger partial charge in [0.2, 0.25) is 5.91 Å². The lowest BCUT2D eigenvalue weighted by Gasteiger charge is -2.25. The minimum Gasteiger partial charge on any atom is -0.353 e. The Kier molecular flexibility index (Phi) is 6.94. The molecule has 2 rings (SSSR count). The maximum absolute atomic E-state index is 11.9. The molecule has 1 amide bonds. The van der Waals surface area contributed by atoms with Crippen LogP contribution in [-0.2, 0) is 4.79 Å². The molecule has 2 nitrogen and oxygen atoms in total. The van der Waals surface area contributed by atoms with E-state index in [0.29, 0.717) is 17.9 Å². The van der Waals surface area contributed by atoms with Crippen LogP contribution in [0.5, 0.6) is 0 Å². The maximum atomic E-state index is 11.9. The summed E-state index contributed by atoms with van der Waals surface area (Å²) in [5.74, 6) is 0.996. The normalized spacial score (nSPS) is 22.8. The third-order valence-electron chi connectivity index (χ3n) is 4.17. The predicted octanol–water partition coefficient (Wildman–Crippen LogP) is 3.83. The van der Waals surface area contributed by atoms with E-state index in [9.17, 15) is 4.79 Å². The second-order valence-electron chi connectivity index (χ2n) is 5.61. The van der Waals surface area contributed by atoms with Gasteiger partial charge in [-0.05, 0) is 31.6 Å². The van der Waals surface area contributed by atoms with Gasteiger partial charge in [0.05, 0.1) is 0 Å². The van der Waals surface area contributed by atoms with Crippen LogP contribution in [0.25, 0.3) is 0 Å². The minimum absolute atomic E-state index is 0. The first-order chi connectivity index (χ1) is 7.84. The molecule has 0 spiro atoms. The van der Waals surface area contributed by atoms with Crippen LogP contribution in [0.1, 0.15) is 70.6 Å². The smallest absolute Gasteiger partial charge is 0.220 e. The van der Waals surface area contributed by atoms with Gasteiger partial charge in [-0.3, -0.25) is 4.79 Å². The van der Waals surface area contributed by atoms with Gasteiger partial charge < -0.3 is 5.32 Å². The standard InChI is InChI=1S/C14H25NO.ClH/c16-14(11-12-7-3-1-4-8-12)15-13-9-5-2-6-10-13;/h12-13H,1-11H2,(H,15,16);1H. The SMILES string of the molecule is Cl.O=C(CC1CCCCC1)NC1CCCCC1. The third-order valence-corrected chi connectivity index (χ3v) is 4.17. The molecule has 0 unspecified atom stereocenters. The Morgan fingerprint density at radius 1 is 0.882 bits per heavy atom. The first kappa shape index (κ1) is 14.8. The molecule has 0 atom stereocenters. The number of hydrogen-bond donors (Lipinski definition) is 1. The Hall–Kier alpha value is -0.240. The van der Waals surface area contributed by atoms with Gasteiger partial charge in [-0.15, -0.1) is 12.4 Å². The van der Waals surface area contributed by atoms with Crippen molar-refractivity contribution in [3.8, 4) is 0 Å². The molecule has 3 heteroatoms. The number of nitrogens with one attached hydrogen (secondary N) is 1. The highest BCUT2D eigenvalue weighted by Crippen LogP contribution is 2.26. The summed E-state index contributed by atoms with van der Waals surface area (Å²) in [5, 5.41) is 3.23. The second-order valence-corrected chi connectivity index (χ2v) is 5.61. The summed E-state index contributed by atoms with van der Waals surface area (Å²) >= 11 is 0. The van der Waals surface area contributed by atoms with Gasteiger partial charge in [-0.1, -0.05) is 38.5 Å². The Morgan fingerprint density at radius 3 is 2.00 bits per heavy atom. The van der Waals surface area contributed by atoms with Crippen molar-refractivity contribution in [2.24, 2.45) is 5.92 Å². The van der Waals surface area contributed by atoms with Crippen molar-refractivity contribution < 1.29 is 4.79 Å². The number of amides is 1. The van der Waals surface area contributed by atoms with Crippen LogP contribution in [0.4, 0.5) is 0 Å². The van der Waals surface area contributed by atoms with Crippen molar-refractivity contribution >= 4 is 18.3 Å². The molecule has 0 heterocycles. The van der Waals surface area contributed by atoms with Gasteiger partial charge in [0, 0.05) is 12.5 Å². The largest absolute Gasteiger partial charge is 0.353 e. The lowest BCUT2D eigenvalue weighted by molar-refractivity contribution is -0.123. The highest BCUT2D eigenvalue weighted by Gasteiger charge is 2.20. The third kappa shape index (κ3) is 5.29. The summed E-state index contributed by atoms with van der Waals surface area (Å²) in [6.07, 6.45) is 13.8. The molecule has 0 aliphatic heterocycles. The number of rotatable bonds is 3. The van der Waals surface area contributed by atoms with Gasteiger partial charge >= 0.3 is 0 Å². The minimum atomic E-state index is 0. The first-order valence-corrected chi connectivity index (χ1v) is 7.14. The van der Waals surface area contributed by atoms with Crippen molar-refractivity contribution in [1.82, 2.24) is 5.32 Å². The fourth-order valence-electron chi connectivity index (χ4n) is 3.19. The van der Waals surface area contributed by atoms with Gasteiger partial charge in [-0.2, -0.15) is 0 Å². The van der Waals surface area contributed by atoms with Crippen molar-refractivity contribution in [3.05, 3.63) is 0 Å². The molecule has 2 saturated carbocycles. The highest BCUT2D eigenvalue weighted by atomic mass is 35.5. The van der Waals surface area contributed by atoms with Crippen LogP contribution in [0, 0.1) is 5.92 Å². The van der Waals surface area contributed by atoms with Crippen LogP contribution in [0.15, 0.2) is 0 Å². The van der Waals surface area contributed by atoms with Gasteiger partial charge in [0.1, 0.15) is 0 Å². The molecule has 100 valence electrons. The number of carbonyl (C=O) groups is 1. The summed E-state index contributed by atoms with van der Waals surface area (Å²) in [5.41, 5.74) is 0. The van der Waals surface area contributed by atoms with E-state index < -0.39 is 0 Å². The Balaban J connectivity index is 0.00000144. The molecule has 1 N–H and O–H groups in total. The van der Waals surface area contributed by atoms with Gasteiger partial charge in [0.25, 0.3) is 0 Å². The molecule has 17 heavy (non-hydrogen) atoms. The average Bonchev–Trinajstić information content (AvgIpc) is 2.31. The van der Waals surface area contributed by atoms with Crippen LogP contribution >= 0.6 is 12.4 Å². The van der Waals surface area contributed by atoms with Crippen molar-refractivity contribution in [2.75, 3.05) is 0 Å². The first-order valence-electron chi connectivity index (χ1n) is 7.14. The van der Waals surface area contributed by atoms with E-state index in [2.05, 4.69) is 5.32 Å². The maximum Gasteiger partial charge on any atom is 0.220 e. The molecule has 0 aromatic carbocycles. The highest BCUT2D eigenvalue weighted by molar-refractivity contribution is 5.85. The monoisotopic (exact) mass is 259 g/mol.